The van der Waals surface area contributed by atoms with Gasteiger partial charge in [-0.15, -0.1) is 11.3 Å². The molecule has 0 aliphatic rings. The number of nitrogens with zero attached hydrogens (tertiary/aromatic N) is 1. The first kappa shape index (κ1) is 20.7. The quantitative estimate of drug-likeness (QED) is 0.566. The van der Waals surface area contributed by atoms with E-state index < -0.39 is 10.0 Å². The molecule has 148 valence electrons. The lowest BCUT2D eigenvalue weighted by Crippen LogP contribution is -2.31. The maximum atomic E-state index is 12.3. The first-order valence-electron chi connectivity index (χ1n) is 8.66. The Morgan fingerprint density at radius 1 is 1.11 bits per heavy atom. The molecule has 0 aliphatic carbocycles. The SMILES string of the molecule is CC(C)NS(=O)(=O)Cc1ccc(CNC(=O)c2csc(-c3ccsc3)n2)cc1. The van der Waals surface area contributed by atoms with Gasteiger partial charge in [-0.25, -0.2) is 18.1 Å². The topological polar surface area (TPSA) is 88.2 Å². The normalized spacial score (nSPS) is 11.7. The van der Waals surface area contributed by atoms with E-state index in [1.807, 2.05) is 29.0 Å². The van der Waals surface area contributed by atoms with E-state index >= 15 is 0 Å². The highest BCUT2D eigenvalue weighted by Gasteiger charge is 2.14. The fourth-order valence-electron chi connectivity index (χ4n) is 2.54. The number of sulfonamides is 1. The molecule has 3 rings (SSSR count). The Labute approximate surface area is 172 Å². The van der Waals surface area contributed by atoms with Crippen molar-refractivity contribution in [3.63, 3.8) is 0 Å². The molecule has 1 aromatic carbocycles. The van der Waals surface area contributed by atoms with Gasteiger partial charge >= 0.3 is 0 Å². The smallest absolute Gasteiger partial charge is 0.271 e. The predicted molar refractivity (Wildman–Crippen MR) is 114 cm³/mol. The molecule has 0 bridgehead atoms. The lowest BCUT2D eigenvalue weighted by molar-refractivity contribution is 0.0946. The van der Waals surface area contributed by atoms with Crippen LogP contribution in [0.25, 0.3) is 10.6 Å². The molecular formula is C19H21N3O3S3. The molecule has 28 heavy (non-hydrogen) atoms. The van der Waals surface area contributed by atoms with E-state index in [0.29, 0.717) is 17.8 Å². The summed E-state index contributed by atoms with van der Waals surface area (Å²) < 4.78 is 26.5. The molecule has 2 N–H and O–H groups in total. The number of hydrogen-bond acceptors (Lipinski definition) is 6. The maximum absolute atomic E-state index is 12.3. The van der Waals surface area contributed by atoms with Crippen LogP contribution in [0.5, 0.6) is 0 Å². The van der Waals surface area contributed by atoms with Gasteiger partial charge in [0.2, 0.25) is 10.0 Å². The fraction of sp³-hybridized carbons (Fsp3) is 0.263. The van der Waals surface area contributed by atoms with Crippen LogP contribution < -0.4 is 10.0 Å². The molecule has 0 atom stereocenters. The van der Waals surface area contributed by atoms with E-state index in [2.05, 4.69) is 15.0 Å². The zero-order chi connectivity index (χ0) is 20.1. The number of nitrogens with one attached hydrogen (secondary N) is 2. The van der Waals surface area contributed by atoms with Crippen LogP contribution in [0, 0.1) is 0 Å². The van der Waals surface area contributed by atoms with Crippen molar-refractivity contribution in [1.29, 1.82) is 0 Å². The third kappa shape index (κ3) is 5.71. The summed E-state index contributed by atoms with van der Waals surface area (Å²) in [6, 6.07) is 9.00. The van der Waals surface area contributed by atoms with Crippen LogP contribution in [0.4, 0.5) is 0 Å². The number of benzene rings is 1. The first-order chi connectivity index (χ1) is 13.3. The van der Waals surface area contributed by atoms with Crippen molar-refractivity contribution in [3.8, 4) is 10.6 Å². The van der Waals surface area contributed by atoms with Crippen molar-refractivity contribution < 1.29 is 13.2 Å². The first-order valence-corrected chi connectivity index (χ1v) is 12.1. The van der Waals surface area contributed by atoms with E-state index in [-0.39, 0.29) is 17.7 Å². The van der Waals surface area contributed by atoms with Crippen molar-refractivity contribution >= 4 is 38.6 Å². The minimum absolute atomic E-state index is 0.0675. The van der Waals surface area contributed by atoms with E-state index in [0.717, 1.165) is 16.1 Å². The molecule has 3 aromatic rings. The highest BCUT2D eigenvalue weighted by Crippen LogP contribution is 2.25. The third-order valence-corrected chi connectivity index (χ3v) is 6.87. The molecule has 2 heterocycles. The number of amides is 1. The van der Waals surface area contributed by atoms with Crippen molar-refractivity contribution in [3.05, 3.63) is 63.3 Å². The van der Waals surface area contributed by atoms with Gasteiger partial charge in [0.1, 0.15) is 10.7 Å². The van der Waals surface area contributed by atoms with Gasteiger partial charge in [0.05, 0.1) is 5.75 Å². The van der Waals surface area contributed by atoms with E-state index in [4.69, 9.17) is 0 Å². The lowest BCUT2D eigenvalue weighted by atomic mass is 10.1. The van der Waals surface area contributed by atoms with Gasteiger partial charge in [-0.2, -0.15) is 11.3 Å². The molecule has 9 heteroatoms. The molecule has 2 aromatic heterocycles. The van der Waals surface area contributed by atoms with Crippen molar-refractivity contribution in [2.75, 3.05) is 0 Å². The molecule has 0 saturated carbocycles. The van der Waals surface area contributed by atoms with Crippen molar-refractivity contribution in [2.45, 2.75) is 32.2 Å². The Hall–Kier alpha value is -2.07. The molecule has 0 aliphatic heterocycles. The average Bonchev–Trinajstić information content (AvgIpc) is 3.30. The molecule has 0 saturated heterocycles. The Morgan fingerprint density at radius 3 is 2.46 bits per heavy atom. The number of rotatable bonds is 8. The van der Waals surface area contributed by atoms with Gasteiger partial charge in [0.15, 0.2) is 0 Å². The number of thiazole rings is 1. The monoisotopic (exact) mass is 435 g/mol. The average molecular weight is 436 g/mol. The molecule has 0 spiro atoms. The highest BCUT2D eigenvalue weighted by molar-refractivity contribution is 7.88. The van der Waals surface area contributed by atoms with Crippen LogP contribution in [0.1, 0.15) is 35.5 Å². The highest BCUT2D eigenvalue weighted by atomic mass is 32.2. The van der Waals surface area contributed by atoms with E-state index in [1.54, 1.807) is 42.7 Å². The molecule has 0 fully saturated rings. The van der Waals surface area contributed by atoms with Crippen LogP contribution >= 0.6 is 22.7 Å². The largest absolute Gasteiger partial charge is 0.347 e. The number of aromatic nitrogens is 1. The Balaban J connectivity index is 1.55. The number of thiophene rings is 1. The van der Waals surface area contributed by atoms with Gasteiger partial charge in [0, 0.05) is 28.9 Å². The maximum Gasteiger partial charge on any atom is 0.271 e. The summed E-state index contributed by atoms with van der Waals surface area (Å²) in [5, 5.41) is 9.39. The summed E-state index contributed by atoms with van der Waals surface area (Å²) in [6.45, 7) is 3.92. The summed E-state index contributed by atoms with van der Waals surface area (Å²) in [5.74, 6) is -0.298. The van der Waals surface area contributed by atoms with Crippen LogP contribution in [-0.2, 0) is 22.3 Å². The van der Waals surface area contributed by atoms with Crippen LogP contribution in [-0.4, -0.2) is 25.4 Å². The second-order valence-electron chi connectivity index (χ2n) is 6.58. The van der Waals surface area contributed by atoms with Crippen molar-refractivity contribution in [1.82, 2.24) is 15.0 Å². The Kier molecular flexibility index (Phi) is 6.61. The Morgan fingerprint density at radius 2 is 1.82 bits per heavy atom. The number of carbonyl (C=O) groups is 1. The van der Waals surface area contributed by atoms with Crippen LogP contribution in [0.2, 0.25) is 0 Å². The number of hydrogen-bond donors (Lipinski definition) is 2. The number of carbonyl (C=O) groups excluding carboxylic acids is 1. The lowest BCUT2D eigenvalue weighted by Gasteiger charge is -2.10. The van der Waals surface area contributed by atoms with Gasteiger partial charge in [-0.3, -0.25) is 4.79 Å². The van der Waals surface area contributed by atoms with E-state index in [9.17, 15) is 13.2 Å². The zero-order valence-corrected chi connectivity index (χ0v) is 18.0. The summed E-state index contributed by atoms with van der Waals surface area (Å²) in [4.78, 5) is 16.7. The van der Waals surface area contributed by atoms with Gasteiger partial charge in [-0.1, -0.05) is 24.3 Å². The standard InChI is InChI=1S/C19H21N3O3S3/c1-13(2)22-28(24,25)12-15-5-3-14(4-6-15)9-20-18(23)17-11-27-19(21-17)16-7-8-26-10-16/h3-8,10-11,13,22H,9,12H2,1-2H3,(H,20,23). The Bertz CT molecular complexity index is 1020. The fourth-order valence-corrected chi connectivity index (χ4v) is 5.49. The second kappa shape index (κ2) is 8.95. The van der Waals surface area contributed by atoms with Gasteiger partial charge < -0.3 is 5.32 Å². The molecule has 6 nitrogen and oxygen atoms in total. The van der Waals surface area contributed by atoms with Gasteiger partial charge in [0.25, 0.3) is 5.91 Å². The van der Waals surface area contributed by atoms with Crippen LogP contribution in [0.3, 0.4) is 0 Å². The minimum Gasteiger partial charge on any atom is -0.347 e. The van der Waals surface area contributed by atoms with E-state index in [1.165, 1.54) is 11.3 Å². The predicted octanol–water partition coefficient (Wildman–Crippen LogP) is 3.63. The minimum atomic E-state index is -3.35. The summed E-state index contributed by atoms with van der Waals surface area (Å²) in [7, 11) is -3.35. The molecule has 0 unspecified atom stereocenters. The van der Waals surface area contributed by atoms with Gasteiger partial charge in [-0.05, 0) is 36.4 Å². The van der Waals surface area contributed by atoms with Crippen LogP contribution in [0.15, 0.2) is 46.5 Å². The summed E-state index contributed by atoms with van der Waals surface area (Å²) >= 11 is 3.03. The molecule has 0 radical (unpaired) electrons. The zero-order valence-electron chi connectivity index (χ0n) is 15.5. The second-order valence-corrected chi connectivity index (χ2v) is 9.97. The van der Waals surface area contributed by atoms with Crippen molar-refractivity contribution in [2.24, 2.45) is 0 Å². The molecule has 1 amide bonds. The third-order valence-electron chi connectivity index (χ3n) is 3.75. The summed E-state index contributed by atoms with van der Waals surface area (Å²) in [6.07, 6.45) is 0. The molecular weight excluding hydrogens is 414 g/mol. The summed E-state index contributed by atoms with van der Waals surface area (Å²) in [5.41, 5.74) is 3.00.